The standard InChI is InChI=1S/C17H29N3O2/c1-6-8-9-10-19-16(18-7-2)20-12-17(5,21)15-11-13(3)22-14(15)4/h6,8,11,21H,7,9-10,12H2,1-5H3,(H2,18,19,20)/b8-6+. The predicted molar refractivity (Wildman–Crippen MR) is 91.2 cm³/mol. The van der Waals surface area contributed by atoms with Gasteiger partial charge in [0, 0.05) is 18.7 Å². The van der Waals surface area contributed by atoms with Crippen LogP contribution in [0.25, 0.3) is 0 Å². The van der Waals surface area contributed by atoms with E-state index in [0.717, 1.165) is 36.6 Å². The molecule has 0 saturated carbocycles. The number of nitrogens with one attached hydrogen (secondary N) is 2. The van der Waals surface area contributed by atoms with Crippen molar-refractivity contribution in [1.29, 1.82) is 0 Å². The van der Waals surface area contributed by atoms with Crippen molar-refractivity contribution >= 4 is 5.96 Å². The molecule has 0 spiro atoms. The molecule has 5 nitrogen and oxygen atoms in total. The highest BCUT2D eigenvalue weighted by atomic mass is 16.3. The first-order valence-corrected chi connectivity index (χ1v) is 7.84. The lowest BCUT2D eigenvalue weighted by molar-refractivity contribution is 0.0657. The Morgan fingerprint density at radius 1 is 1.41 bits per heavy atom. The zero-order valence-corrected chi connectivity index (χ0v) is 14.4. The second-order valence-corrected chi connectivity index (χ2v) is 5.58. The van der Waals surface area contributed by atoms with E-state index in [1.807, 2.05) is 39.8 Å². The summed E-state index contributed by atoms with van der Waals surface area (Å²) in [6.07, 6.45) is 5.07. The van der Waals surface area contributed by atoms with Crippen LogP contribution in [-0.4, -0.2) is 30.7 Å². The summed E-state index contributed by atoms with van der Waals surface area (Å²) in [6, 6.07) is 1.87. The van der Waals surface area contributed by atoms with Gasteiger partial charge in [-0.1, -0.05) is 12.2 Å². The largest absolute Gasteiger partial charge is 0.466 e. The molecule has 0 aliphatic carbocycles. The third-order valence-corrected chi connectivity index (χ3v) is 3.35. The Hall–Kier alpha value is -1.75. The molecule has 1 aromatic heterocycles. The number of furan rings is 1. The molecule has 0 bridgehead atoms. The SMILES string of the molecule is C/C=C/CCNC(=NCC(C)(O)c1cc(C)oc1C)NCC. The van der Waals surface area contributed by atoms with Crippen LogP contribution in [0.3, 0.4) is 0 Å². The molecule has 0 aliphatic rings. The zero-order valence-electron chi connectivity index (χ0n) is 14.4. The molecule has 5 heteroatoms. The van der Waals surface area contributed by atoms with E-state index in [0.29, 0.717) is 5.96 Å². The molecule has 0 aliphatic heterocycles. The topological polar surface area (TPSA) is 69.8 Å². The van der Waals surface area contributed by atoms with E-state index < -0.39 is 5.60 Å². The van der Waals surface area contributed by atoms with E-state index in [-0.39, 0.29) is 6.54 Å². The van der Waals surface area contributed by atoms with Gasteiger partial charge in [0.2, 0.25) is 0 Å². The molecule has 0 fully saturated rings. The lowest BCUT2D eigenvalue weighted by atomic mass is 9.96. The van der Waals surface area contributed by atoms with E-state index in [9.17, 15) is 5.11 Å². The summed E-state index contributed by atoms with van der Waals surface area (Å²) in [5.41, 5.74) is -0.258. The van der Waals surface area contributed by atoms with Crippen LogP contribution in [0.4, 0.5) is 0 Å². The molecular formula is C17H29N3O2. The minimum Gasteiger partial charge on any atom is -0.466 e. The van der Waals surface area contributed by atoms with Crippen molar-refractivity contribution in [2.24, 2.45) is 4.99 Å². The Kier molecular flexibility index (Phi) is 7.18. The molecule has 0 saturated heterocycles. The molecule has 22 heavy (non-hydrogen) atoms. The van der Waals surface area contributed by atoms with Crippen LogP contribution in [0.1, 0.15) is 44.3 Å². The van der Waals surface area contributed by atoms with E-state index >= 15 is 0 Å². The van der Waals surface area contributed by atoms with Gasteiger partial charge in [-0.2, -0.15) is 0 Å². The highest BCUT2D eigenvalue weighted by Gasteiger charge is 2.27. The monoisotopic (exact) mass is 307 g/mol. The third kappa shape index (κ3) is 5.56. The summed E-state index contributed by atoms with van der Waals surface area (Å²) >= 11 is 0. The molecule has 1 heterocycles. The normalized spacial score (nSPS) is 15.1. The van der Waals surface area contributed by atoms with Gasteiger partial charge in [0.05, 0.1) is 6.54 Å². The van der Waals surface area contributed by atoms with Crippen LogP contribution in [-0.2, 0) is 5.60 Å². The van der Waals surface area contributed by atoms with E-state index in [2.05, 4.69) is 21.7 Å². The van der Waals surface area contributed by atoms with Crippen LogP contribution in [0, 0.1) is 13.8 Å². The molecule has 1 unspecified atom stereocenters. The molecule has 1 aromatic rings. The number of hydrogen-bond donors (Lipinski definition) is 3. The molecule has 0 amide bonds. The summed E-state index contributed by atoms with van der Waals surface area (Å²) in [7, 11) is 0. The first-order chi connectivity index (χ1) is 10.4. The van der Waals surface area contributed by atoms with Crippen LogP contribution < -0.4 is 10.6 Å². The van der Waals surface area contributed by atoms with Crippen LogP contribution >= 0.6 is 0 Å². The van der Waals surface area contributed by atoms with E-state index in [4.69, 9.17) is 4.42 Å². The maximum Gasteiger partial charge on any atom is 0.191 e. The van der Waals surface area contributed by atoms with E-state index in [1.165, 1.54) is 0 Å². The number of aliphatic imine (C=N–C) groups is 1. The molecule has 124 valence electrons. The Morgan fingerprint density at radius 3 is 2.68 bits per heavy atom. The Bertz CT molecular complexity index is 516. The number of aliphatic hydroxyl groups is 1. The number of guanidine groups is 1. The number of aryl methyl sites for hydroxylation is 2. The maximum absolute atomic E-state index is 10.7. The van der Waals surface area contributed by atoms with Crippen molar-refractivity contribution < 1.29 is 9.52 Å². The predicted octanol–water partition coefficient (Wildman–Crippen LogP) is 2.63. The second-order valence-electron chi connectivity index (χ2n) is 5.58. The van der Waals surface area contributed by atoms with Crippen molar-refractivity contribution in [3.8, 4) is 0 Å². The van der Waals surface area contributed by atoms with Gasteiger partial charge in [0.15, 0.2) is 5.96 Å². The minimum absolute atomic E-state index is 0.270. The average Bonchev–Trinajstić information content (AvgIpc) is 2.80. The fourth-order valence-corrected chi connectivity index (χ4v) is 2.27. The number of nitrogens with zero attached hydrogens (tertiary/aromatic N) is 1. The smallest absolute Gasteiger partial charge is 0.191 e. The summed E-state index contributed by atoms with van der Waals surface area (Å²) in [6.45, 7) is 11.4. The van der Waals surface area contributed by atoms with Crippen molar-refractivity contribution in [1.82, 2.24) is 10.6 Å². The van der Waals surface area contributed by atoms with E-state index in [1.54, 1.807) is 6.92 Å². The van der Waals surface area contributed by atoms with Crippen LogP contribution in [0.15, 0.2) is 27.6 Å². The molecular weight excluding hydrogens is 278 g/mol. The van der Waals surface area contributed by atoms with Gasteiger partial charge in [0.25, 0.3) is 0 Å². The molecule has 3 N–H and O–H groups in total. The Morgan fingerprint density at radius 2 is 2.14 bits per heavy atom. The van der Waals surface area contributed by atoms with Gasteiger partial charge in [-0.25, -0.2) is 4.99 Å². The first kappa shape index (κ1) is 18.3. The van der Waals surface area contributed by atoms with Gasteiger partial charge in [-0.3, -0.25) is 0 Å². The Labute approximate surface area is 133 Å². The maximum atomic E-state index is 10.7. The van der Waals surface area contributed by atoms with Crippen LogP contribution in [0.5, 0.6) is 0 Å². The molecule has 1 rings (SSSR count). The fourth-order valence-electron chi connectivity index (χ4n) is 2.27. The summed E-state index contributed by atoms with van der Waals surface area (Å²) < 4.78 is 5.50. The zero-order chi connectivity index (χ0) is 16.6. The van der Waals surface area contributed by atoms with Gasteiger partial charge < -0.3 is 20.2 Å². The van der Waals surface area contributed by atoms with Crippen molar-refractivity contribution in [2.75, 3.05) is 19.6 Å². The van der Waals surface area contributed by atoms with Gasteiger partial charge >= 0.3 is 0 Å². The number of allylic oxidation sites excluding steroid dienone is 1. The molecule has 0 aromatic carbocycles. The van der Waals surface area contributed by atoms with Gasteiger partial charge in [-0.15, -0.1) is 0 Å². The Balaban J connectivity index is 2.72. The number of hydrogen-bond acceptors (Lipinski definition) is 3. The third-order valence-electron chi connectivity index (χ3n) is 3.35. The highest BCUT2D eigenvalue weighted by Crippen LogP contribution is 2.27. The van der Waals surface area contributed by atoms with Crippen molar-refractivity contribution in [3.63, 3.8) is 0 Å². The number of rotatable bonds is 7. The van der Waals surface area contributed by atoms with Crippen molar-refractivity contribution in [3.05, 3.63) is 35.3 Å². The lowest BCUT2D eigenvalue weighted by Crippen LogP contribution is -2.39. The summed E-state index contributed by atoms with van der Waals surface area (Å²) in [4.78, 5) is 4.49. The van der Waals surface area contributed by atoms with Gasteiger partial charge in [0.1, 0.15) is 17.1 Å². The first-order valence-electron chi connectivity index (χ1n) is 7.84. The lowest BCUT2D eigenvalue weighted by Gasteiger charge is -2.21. The second kappa shape index (κ2) is 8.63. The minimum atomic E-state index is -1.05. The molecule has 0 radical (unpaired) electrons. The molecule has 1 atom stereocenters. The highest BCUT2D eigenvalue weighted by molar-refractivity contribution is 5.79. The summed E-state index contributed by atoms with van der Waals surface area (Å²) in [5, 5.41) is 17.1. The quantitative estimate of drug-likeness (QED) is 0.313. The fraction of sp³-hybridized carbons (Fsp3) is 0.588. The van der Waals surface area contributed by atoms with Crippen molar-refractivity contribution in [2.45, 2.75) is 46.6 Å². The van der Waals surface area contributed by atoms with Gasteiger partial charge in [-0.05, 0) is 47.1 Å². The summed E-state index contributed by atoms with van der Waals surface area (Å²) in [5.74, 6) is 2.25. The average molecular weight is 307 g/mol. The van der Waals surface area contributed by atoms with Crippen LogP contribution in [0.2, 0.25) is 0 Å².